The molecule has 0 unspecified atom stereocenters. The molecular formula is C21H23N3O5S. The van der Waals surface area contributed by atoms with Crippen LogP contribution in [0.1, 0.15) is 24.6 Å². The molecule has 1 aromatic carbocycles. The van der Waals surface area contributed by atoms with Crippen LogP contribution in [0.25, 0.3) is 0 Å². The minimum atomic E-state index is -1.15. The number of aromatic nitrogens is 1. The maximum atomic E-state index is 13.0. The number of nitrogens with zero attached hydrogens (tertiary/aromatic N) is 2. The molecule has 1 aliphatic heterocycles. The second-order valence-electron chi connectivity index (χ2n) is 7.02. The van der Waals surface area contributed by atoms with Gasteiger partial charge in [-0.05, 0) is 37.0 Å². The lowest BCUT2D eigenvalue weighted by Gasteiger charge is -2.26. The third-order valence-corrected chi connectivity index (χ3v) is 5.78. The second kappa shape index (κ2) is 9.62. The van der Waals surface area contributed by atoms with E-state index in [9.17, 15) is 24.3 Å². The normalized spacial score (nSPS) is 17.0. The van der Waals surface area contributed by atoms with Gasteiger partial charge in [-0.1, -0.05) is 42.1 Å². The van der Waals surface area contributed by atoms with Crippen molar-refractivity contribution in [1.82, 2.24) is 9.99 Å². The Morgan fingerprint density at radius 2 is 1.93 bits per heavy atom. The number of thioether (sulfide) groups is 1. The highest BCUT2D eigenvalue weighted by atomic mass is 32.2. The minimum absolute atomic E-state index is 0.193. The summed E-state index contributed by atoms with van der Waals surface area (Å²) < 4.78 is 1.52. The predicted octanol–water partition coefficient (Wildman–Crippen LogP) is 1.36. The Bertz CT molecular complexity index is 943. The zero-order valence-electron chi connectivity index (χ0n) is 16.5. The lowest BCUT2D eigenvalue weighted by Crippen LogP contribution is -2.54. The number of benzene rings is 1. The number of nitrogens with one attached hydrogen (secondary N) is 1. The Labute approximate surface area is 178 Å². The van der Waals surface area contributed by atoms with Gasteiger partial charge in [-0.2, -0.15) is 0 Å². The molecule has 9 heteroatoms. The van der Waals surface area contributed by atoms with E-state index in [2.05, 4.69) is 5.32 Å². The van der Waals surface area contributed by atoms with Crippen LogP contribution in [0, 0.1) is 0 Å². The summed E-state index contributed by atoms with van der Waals surface area (Å²) in [7, 11) is 0. The molecule has 0 bridgehead atoms. The van der Waals surface area contributed by atoms with Gasteiger partial charge >= 0.3 is 5.97 Å². The van der Waals surface area contributed by atoms with Crippen LogP contribution in [0.5, 0.6) is 0 Å². The molecule has 0 saturated heterocycles. The average molecular weight is 429 g/mol. The highest BCUT2D eigenvalue weighted by molar-refractivity contribution is 8.14. The number of aliphatic carboxylic acids is 1. The number of carboxylic acids is 1. The molecule has 1 aromatic heterocycles. The van der Waals surface area contributed by atoms with Gasteiger partial charge in [0.1, 0.15) is 12.6 Å². The summed E-state index contributed by atoms with van der Waals surface area (Å²) in [4.78, 5) is 49.0. The van der Waals surface area contributed by atoms with Gasteiger partial charge in [0.05, 0.1) is 5.25 Å². The molecule has 2 heterocycles. The Hall–Kier alpha value is -3.07. The molecule has 2 atom stereocenters. The summed E-state index contributed by atoms with van der Waals surface area (Å²) in [6, 6.07) is 12.0. The van der Waals surface area contributed by atoms with E-state index in [0.29, 0.717) is 19.3 Å². The van der Waals surface area contributed by atoms with Crippen LogP contribution in [-0.4, -0.2) is 50.5 Å². The zero-order valence-corrected chi connectivity index (χ0v) is 17.3. The van der Waals surface area contributed by atoms with Crippen molar-refractivity contribution in [3.05, 3.63) is 59.9 Å². The third-order valence-electron chi connectivity index (χ3n) is 4.78. The van der Waals surface area contributed by atoms with E-state index in [0.717, 1.165) is 28.0 Å². The van der Waals surface area contributed by atoms with Crippen molar-refractivity contribution in [1.29, 1.82) is 0 Å². The Balaban J connectivity index is 1.77. The first-order valence-corrected chi connectivity index (χ1v) is 10.4. The van der Waals surface area contributed by atoms with Gasteiger partial charge in [-0.3, -0.25) is 23.9 Å². The first kappa shape index (κ1) is 21.6. The predicted molar refractivity (Wildman–Crippen MR) is 113 cm³/mol. The number of carbonyl (C=O) groups is 4. The van der Waals surface area contributed by atoms with Crippen molar-refractivity contribution in [3.8, 4) is 0 Å². The van der Waals surface area contributed by atoms with Crippen molar-refractivity contribution in [2.45, 2.75) is 37.5 Å². The molecule has 2 N–H and O–H groups in total. The van der Waals surface area contributed by atoms with E-state index >= 15 is 0 Å². The van der Waals surface area contributed by atoms with E-state index < -0.39 is 35.6 Å². The van der Waals surface area contributed by atoms with Crippen LogP contribution in [0.2, 0.25) is 0 Å². The molecule has 3 rings (SSSR count). The van der Waals surface area contributed by atoms with E-state index in [4.69, 9.17) is 0 Å². The SMILES string of the molecule is CC(=O)S[C@H](Cc1ccccc1)C(=O)N[C@H]1CCc2cccn2N(CC(=O)O)C1=O. The van der Waals surface area contributed by atoms with Crippen molar-refractivity contribution in [3.63, 3.8) is 0 Å². The molecule has 2 amide bonds. The molecule has 0 aliphatic carbocycles. The molecule has 30 heavy (non-hydrogen) atoms. The molecule has 2 aromatic rings. The van der Waals surface area contributed by atoms with Crippen LogP contribution in [0.15, 0.2) is 48.7 Å². The Morgan fingerprint density at radius 3 is 2.60 bits per heavy atom. The first-order valence-electron chi connectivity index (χ1n) is 9.56. The molecule has 0 saturated carbocycles. The summed E-state index contributed by atoms with van der Waals surface area (Å²) in [5.41, 5.74) is 1.70. The first-order chi connectivity index (χ1) is 14.3. The van der Waals surface area contributed by atoms with Crippen LogP contribution in [0.4, 0.5) is 0 Å². The molecular weight excluding hydrogens is 406 g/mol. The number of aryl methyl sites for hydroxylation is 1. The fraction of sp³-hybridized carbons (Fsp3) is 0.333. The summed E-state index contributed by atoms with van der Waals surface area (Å²) in [6.07, 6.45) is 2.82. The topological polar surface area (TPSA) is 109 Å². The van der Waals surface area contributed by atoms with Crippen molar-refractivity contribution < 1.29 is 24.3 Å². The number of fused-ring (bicyclic) bond motifs is 1. The maximum absolute atomic E-state index is 13.0. The fourth-order valence-electron chi connectivity index (χ4n) is 3.44. The lowest BCUT2D eigenvalue weighted by molar-refractivity contribution is -0.137. The fourth-order valence-corrected chi connectivity index (χ4v) is 4.29. The molecule has 1 aliphatic rings. The number of hydrogen-bond acceptors (Lipinski definition) is 5. The molecule has 0 radical (unpaired) electrons. The summed E-state index contributed by atoms with van der Waals surface area (Å²) in [6.45, 7) is 0.886. The van der Waals surface area contributed by atoms with E-state index in [-0.39, 0.29) is 5.12 Å². The van der Waals surface area contributed by atoms with Crippen molar-refractivity contribution in [2.75, 3.05) is 11.6 Å². The van der Waals surface area contributed by atoms with Gasteiger partial charge in [0.2, 0.25) is 5.91 Å². The van der Waals surface area contributed by atoms with Crippen LogP contribution in [0.3, 0.4) is 0 Å². The highest BCUT2D eigenvalue weighted by Crippen LogP contribution is 2.20. The van der Waals surface area contributed by atoms with Crippen molar-refractivity contribution in [2.24, 2.45) is 0 Å². The summed E-state index contributed by atoms with van der Waals surface area (Å²) in [5, 5.41) is 12.2. The van der Waals surface area contributed by atoms with Gasteiger partial charge < -0.3 is 10.4 Å². The van der Waals surface area contributed by atoms with Crippen LogP contribution >= 0.6 is 11.8 Å². The molecule has 8 nitrogen and oxygen atoms in total. The smallest absolute Gasteiger partial charge is 0.325 e. The third kappa shape index (κ3) is 5.29. The molecule has 0 fully saturated rings. The lowest BCUT2D eigenvalue weighted by atomic mass is 10.1. The highest BCUT2D eigenvalue weighted by Gasteiger charge is 2.34. The van der Waals surface area contributed by atoms with Gasteiger partial charge in [-0.25, -0.2) is 5.01 Å². The monoisotopic (exact) mass is 429 g/mol. The molecule has 0 spiro atoms. The van der Waals surface area contributed by atoms with Crippen molar-refractivity contribution >= 4 is 34.7 Å². The molecule has 158 valence electrons. The van der Waals surface area contributed by atoms with Gasteiger partial charge in [-0.15, -0.1) is 0 Å². The number of amides is 2. The van der Waals surface area contributed by atoms with Gasteiger partial charge in [0.25, 0.3) is 5.91 Å². The summed E-state index contributed by atoms with van der Waals surface area (Å²) in [5.74, 6) is -2.06. The Kier molecular flexibility index (Phi) is 6.94. The quantitative estimate of drug-likeness (QED) is 0.688. The largest absolute Gasteiger partial charge is 0.480 e. The summed E-state index contributed by atoms with van der Waals surface area (Å²) >= 11 is 0.923. The zero-order chi connectivity index (χ0) is 21.7. The number of hydrogen-bond donors (Lipinski definition) is 2. The van der Waals surface area contributed by atoms with E-state index in [1.165, 1.54) is 11.6 Å². The standard InChI is InChI=1S/C21H23N3O5S/c1-14(25)30-18(12-15-6-3-2-4-7-15)20(28)22-17-10-9-16-8-5-11-23(16)24(21(17)29)13-19(26)27/h2-8,11,17-18H,9-10,12-13H2,1H3,(H,22,28)(H,26,27)/t17-,18+/m0/s1. The number of carbonyl (C=O) groups excluding carboxylic acids is 3. The van der Waals surface area contributed by atoms with Gasteiger partial charge in [0.15, 0.2) is 5.12 Å². The number of carboxylic acid groups (broad SMARTS) is 1. The maximum Gasteiger partial charge on any atom is 0.325 e. The van der Waals surface area contributed by atoms with Crippen LogP contribution in [-0.2, 0) is 32.0 Å². The minimum Gasteiger partial charge on any atom is -0.480 e. The van der Waals surface area contributed by atoms with Gasteiger partial charge in [0, 0.05) is 18.8 Å². The van der Waals surface area contributed by atoms with Crippen LogP contribution < -0.4 is 10.3 Å². The second-order valence-corrected chi connectivity index (χ2v) is 8.40. The van der Waals surface area contributed by atoms with E-state index in [1.54, 1.807) is 12.3 Å². The number of rotatable bonds is 7. The van der Waals surface area contributed by atoms with E-state index in [1.807, 2.05) is 36.4 Å². The Morgan fingerprint density at radius 1 is 1.20 bits per heavy atom. The average Bonchev–Trinajstić information content (AvgIpc) is 3.12.